The van der Waals surface area contributed by atoms with E-state index in [2.05, 4.69) is 10.6 Å². The van der Waals surface area contributed by atoms with Crippen LogP contribution in [0.3, 0.4) is 0 Å². The molecule has 3 N–H and O–H groups in total. The van der Waals surface area contributed by atoms with Crippen molar-refractivity contribution in [3.05, 3.63) is 35.9 Å². The normalized spacial score (nSPS) is 13.2. The van der Waals surface area contributed by atoms with Gasteiger partial charge in [0.2, 0.25) is 0 Å². The lowest BCUT2D eigenvalue weighted by Crippen LogP contribution is -2.41. The van der Waals surface area contributed by atoms with Gasteiger partial charge < -0.3 is 15.7 Å². The minimum atomic E-state index is -1.12. The highest BCUT2D eigenvalue weighted by atomic mass is 32.2. The van der Waals surface area contributed by atoms with Gasteiger partial charge in [-0.3, -0.25) is 4.21 Å². The lowest BCUT2D eigenvalue weighted by atomic mass is 10.1. The van der Waals surface area contributed by atoms with Crippen molar-refractivity contribution in [3.8, 4) is 0 Å². The largest absolute Gasteiger partial charge is 0.479 e. The molecule has 1 aromatic rings. The van der Waals surface area contributed by atoms with Gasteiger partial charge in [0.25, 0.3) is 0 Å². The third-order valence-electron chi connectivity index (χ3n) is 2.55. The summed E-state index contributed by atoms with van der Waals surface area (Å²) < 4.78 is 10.8. The molecule has 20 heavy (non-hydrogen) atoms. The molecule has 2 atom stereocenters. The number of benzene rings is 1. The van der Waals surface area contributed by atoms with Crippen LogP contribution in [0.15, 0.2) is 30.3 Å². The fourth-order valence-electron chi connectivity index (χ4n) is 1.59. The van der Waals surface area contributed by atoms with Crippen LogP contribution in [-0.4, -0.2) is 39.9 Å². The first-order valence-electron chi connectivity index (χ1n) is 6.13. The number of carboxylic acids is 1. The first-order valence-corrected chi connectivity index (χ1v) is 7.85. The van der Waals surface area contributed by atoms with Crippen LogP contribution in [0.1, 0.15) is 18.0 Å². The Kier molecular flexibility index (Phi) is 6.72. The van der Waals surface area contributed by atoms with Gasteiger partial charge in [-0.05, 0) is 12.0 Å². The van der Waals surface area contributed by atoms with Gasteiger partial charge in [0, 0.05) is 29.4 Å². The maximum atomic E-state index is 11.6. The van der Waals surface area contributed by atoms with E-state index in [1.54, 1.807) is 36.6 Å². The summed E-state index contributed by atoms with van der Waals surface area (Å²) in [7, 11) is -0.894. The van der Waals surface area contributed by atoms with E-state index in [1.807, 2.05) is 0 Å². The molecule has 0 aromatic heterocycles. The number of carbonyl (C=O) groups excluding carboxylic acids is 1. The Morgan fingerprint density at radius 1 is 1.30 bits per heavy atom. The van der Waals surface area contributed by atoms with Gasteiger partial charge in [-0.25, -0.2) is 9.59 Å². The molecule has 0 aliphatic heterocycles. The zero-order valence-electron chi connectivity index (χ0n) is 11.2. The molecule has 0 aliphatic rings. The molecule has 0 radical (unpaired) electrons. The molecule has 0 saturated heterocycles. The average molecular weight is 298 g/mol. The van der Waals surface area contributed by atoms with Crippen molar-refractivity contribution >= 4 is 22.8 Å². The molecule has 0 fully saturated rings. The van der Waals surface area contributed by atoms with Crippen LogP contribution in [0, 0.1) is 0 Å². The molecular formula is C13H18N2O4S. The van der Waals surface area contributed by atoms with E-state index < -0.39 is 28.8 Å². The molecule has 1 rings (SSSR count). The lowest BCUT2D eigenvalue weighted by Gasteiger charge is -2.15. The van der Waals surface area contributed by atoms with Crippen molar-refractivity contribution in [1.29, 1.82) is 0 Å². The third-order valence-corrected chi connectivity index (χ3v) is 3.41. The minimum Gasteiger partial charge on any atom is -0.479 e. The van der Waals surface area contributed by atoms with Gasteiger partial charge in [-0.2, -0.15) is 0 Å². The number of amides is 2. The van der Waals surface area contributed by atoms with Crippen LogP contribution in [0.25, 0.3) is 0 Å². The standard InChI is InChI=1S/C13H18N2O4S/c1-20(19)9-5-8-14-13(18)15-11(12(16)17)10-6-3-2-4-7-10/h2-4,6-7,11H,5,8-9H2,1H3,(H,16,17)(H2,14,15,18)/t11-,20?/m1/s1. The van der Waals surface area contributed by atoms with Crippen LogP contribution < -0.4 is 10.6 Å². The van der Waals surface area contributed by atoms with Gasteiger partial charge in [0.15, 0.2) is 6.04 Å². The number of rotatable bonds is 7. The summed E-state index contributed by atoms with van der Waals surface area (Å²) >= 11 is 0. The maximum Gasteiger partial charge on any atom is 0.330 e. The molecule has 0 saturated carbocycles. The molecule has 110 valence electrons. The molecule has 2 amide bonds. The quantitative estimate of drug-likeness (QED) is 0.651. The first kappa shape index (κ1) is 16.2. The Hall–Kier alpha value is -1.89. The lowest BCUT2D eigenvalue weighted by molar-refractivity contribution is -0.139. The number of aliphatic carboxylic acids is 1. The van der Waals surface area contributed by atoms with Crippen molar-refractivity contribution in [1.82, 2.24) is 10.6 Å². The Balaban J connectivity index is 2.48. The zero-order valence-corrected chi connectivity index (χ0v) is 12.0. The number of nitrogens with one attached hydrogen (secondary N) is 2. The number of carbonyl (C=O) groups is 2. The second-order valence-electron chi connectivity index (χ2n) is 4.21. The highest BCUT2D eigenvalue weighted by Gasteiger charge is 2.21. The number of hydrogen-bond donors (Lipinski definition) is 3. The first-order chi connectivity index (χ1) is 9.50. The molecular weight excluding hydrogens is 280 g/mol. The van der Waals surface area contributed by atoms with E-state index in [9.17, 15) is 13.8 Å². The van der Waals surface area contributed by atoms with E-state index >= 15 is 0 Å². The van der Waals surface area contributed by atoms with Crippen molar-refractivity contribution in [2.45, 2.75) is 12.5 Å². The SMILES string of the molecule is CS(=O)CCCNC(=O)N[C@@H](C(=O)O)c1ccccc1. The molecule has 6 nitrogen and oxygen atoms in total. The molecule has 0 spiro atoms. The third kappa shape index (κ3) is 5.83. The predicted molar refractivity (Wildman–Crippen MR) is 76.9 cm³/mol. The Labute approximate surface area is 120 Å². The minimum absolute atomic E-state index is 0.354. The summed E-state index contributed by atoms with van der Waals surface area (Å²) in [5.74, 6) is -0.623. The molecule has 1 unspecified atom stereocenters. The van der Waals surface area contributed by atoms with E-state index in [1.165, 1.54) is 0 Å². The summed E-state index contributed by atoms with van der Waals surface area (Å²) in [4.78, 5) is 22.8. The summed E-state index contributed by atoms with van der Waals surface area (Å²) in [5, 5.41) is 14.1. The molecule has 0 bridgehead atoms. The van der Waals surface area contributed by atoms with Crippen LogP contribution in [0.2, 0.25) is 0 Å². The van der Waals surface area contributed by atoms with E-state index in [-0.39, 0.29) is 0 Å². The van der Waals surface area contributed by atoms with Crippen molar-refractivity contribution in [2.75, 3.05) is 18.6 Å². The number of carboxylic acid groups (broad SMARTS) is 1. The summed E-state index contributed by atoms with van der Waals surface area (Å²) in [5.41, 5.74) is 0.504. The van der Waals surface area contributed by atoms with Crippen molar-refractivity contribution in [2.24, 2.45) is 0 Å². The Bertz CT molecular complexity index is 479. The van der Waals surface area contributed by atoms with Crippen LogP contribution in [0.5, 0.6) is 0 Å². The zero-order chi connectivity index (χ0) is 15.0. The predicted octanol–water partition coefficient (Wildman–Crippen LogP) is 0.880. The smallest absolute Gasteiger partial charge is 0.330 e. The second kappa shape index (κ2) is 8.31. The van der Waals surface area contributed by atoms with Gasteiger partial charge >= 0.3 is 12.0 Å². The number of hydrogen-bond acceptors (Lipinski definition) is 3. The Morgan fingerprint density at radius 3 is 2.50 bits per heavy atom. The highest BCUT2D eigenvalue weighted by Crippen LogP contribution is 2.12. The van der Waals surface area contributed by atoms with Crippen LogP contribution in [0.4, 0.5) is 4.79 Å². The summed E-state index contributed by atoms with van der Waals surface area (Å²) in [6.45, 7) is 0.354. The molecule has 0 aliphatic carbocycles. The van der Waals surface area contributed by atoms with Crippen LogP contribution >= 0.6 is 0 Å². The van der Waals surface area contributed by atoms with E-state index in [0.717, 1.165) is 0 Å². The monoisotopic (exact) mass is 298 g/mol. The number of urea groups is 1. The maximum absolute atomic E-state index is 11.6. The molecule has 7 heteroatoms. The van der Waals surface area contributed by atoms with Crippen LogP contribution in [-0.2, 0) is 15.6 Å². The van der Waals surface area contributed by atoms with Crippen molar-refractivity contribution in [3.63, 3.8) is 0 Å². The topological polar surface area (TPSA) is 95.5 Å². The van der Waals surface area contributed by atoms with Gasteiger partial charge in [-0.1, -0.05) is 30.3 Å². The van der Waals surface area contributed by atoms with Crippen molar-refractivity contribution < 1.29 is 18.9 Å². The van der Waals surface area contributed by atoms with Gasteiger partial charge in [0.05, 0.1) is 0 Å². The van der Waals surface area contributed by atoms with Gasteiger partial charge in [-0.15, -0.1) is 0 Å². The summed E-state index contributed by atoms with van der Waals surface area (Å²) in [6.07, 6.45) is 2.18. The van der Waals surface area contributed by atoms with E-state index in [0.29, 0.717) is 24.3 Å². The molecule has 1 aromatic carbocycles. The fourth-order valence-corrected chi connectivity index (χ4v) is 2.14. The summed E-state index contributed by atoms with van der Waals surface area (Å²) in [6, 6.07) is 6.83. The second-order valence-corrected chi connectivity index (χ2v) is 5.77. The fraction of sp³-hybridized carbons (Fsp3) is 0.385. The average Bonchev–Trinajstić information content (AvgIpc) is 2.41. The Morgan fingerprint density at radius 2 is 1.95 bits per heavy atom. The highest BCUT2D eigenvalue weighted by molar-refractivity contribution is 7.84. The van der Waals surface area contributed by atoms with Gasteiger partial charge in [0.1, 0.15) is 0 Å². The van der Waals surface area contributed by atoms with E-state index in [4.69, 9.17) is 5.11 Å². The molecule has 0 heterocycles.